The van der Waals surface area contributed by atoms with Gasteiger partial charge in [0.25, 0.3) is 0 Å². The number of rotatable bonds is 7. The molecule has 26 heavy (non-hydrogen) atoms. The Balaban J connectivity index is 1.81. The predicted molar refractivity (Wildman–Crippen MR) is 108 cm³/mol. The number of nitrogens with one attached hydrogen (secondary N) is 2. The summed E-state index contributed by atoms with van der Waals surface area (Å²) in [6.07, 6.45) is 4.85. The van der Waals surface area contributed by atoms with Crippen molar-refractivity contribution in [3.05, 3.63) is 35.6 Å². The van der Waals surface area contributed by atoms with Gasteiger partial charge in [-0.05, 0) is 43.5 Å². The standard InChI is InChI=1S/C21H35FN4/c1-5-6-12-26-13-10-19(11-14-26)25-20(23-4)24-16-21(2,3)17-8-7-9-18(22)15-17/h7-9,15,19H,5-6,10-14,16H2,1-4H3,(H2,23,24,25). The summed E-state index contributed by atoms with van der Waals surface area (Å²) in [4.78, 5) is 6.93. The van der Waals surface area contributed by atoms with Crippen molar-refractivity contribution in [2.45, 2.75) is 57.9 Å². The quantitative estimate of drug-likeness (QED) is 0.576. The van der Waals surface area contributed by atoms with Crippen molar-refractivity contribution in [3.63, 3.8) is 0 Å². The third-order valence-electron chi connectivity index (χ3n) is 5.28. The Morgan fingerprint density at radius 1 is 1.31 bits per heavy atom. The molecule has 1 fully saturated rings. The molecule has 0 aromatic heterocycles. The zero-order chi connectivity index (χ0) is 19.0. The van der Waals surface area contributed by atoms with Gasteiger partial charge in [0, 0.05) is 38.1 Å². The first kappa shape index (κ1) is 20.7. The van der Waals surface area contributed by atoms with E-state index in [4.69, 9.17) is 0 Å². The number of benzene rings is 1. The molecule has 0 aliphatic carbocycles. The van der Waals surface area contributed by atoms with Gasteiger partial charge in [0.15, 0.2) is 5.96 Å². The number of nitrogens with zero attached hydrogens (tertiary/aromatic N) is 2. The third kappa shape index (κ3) is 6.27. The fraction of sp³-hybridized carbons (Fsp3) is 0.667. The number of guanidine groups is 1. The maximum atomic E-state index is 13.5. The molecule has 0 amide bonds. The normalized spacial score (nSPS) is 17.3. The van der Waals surface area contributed by atoms with Crippen molar-refractivity contribution in [1.29, 1.82) is 0 Å². The average molecular weight is 363 g/mol. The molecular formula is C21H35FN4. The molecule has 0 unspecified atom stereocenters. The Bertz CT molecular complexity index is 577. The minimum Gasteiger partial charge on any atom is -0.356 e. The molecule has 146 valence electrons. The van der Waals surface area contributed by atoms with E-state index in [0.29, 0.717) is 12.6 Å². The molecule has 0 saturated carbocycles. The van der Waals surface area contributed by atoms with Crippen LogP contribution in [0.3, 0.4) is 0 Å². The van der Waals surface area contributed by atoms with Crippen LogP contribution in [0.4, 0.5) is 4.39 Å². The van der Waals surface area contributed by atoms with E-state index >= 15 is 0 Å². The lowest BCUT2D eigenvalue weighted by molar-refractivity contribution is 0.203. The fourth-order valence-corrected chi connectivity index (χ4v) is 3.39. The molecular weight excluding hydrogens is 327 g/mol. The number of halogens is 1. The topological polar surface area (TPSA) is 39.7 Å². The van der Waals surface area contributed by atoms with E-state index in [2.05, 4.69) is 41.3 Å². The van der Waals surface area contributed by atoms with Gasteiger partial charge in [-0.25, -0.2) is 4.39 Å². The van der Waals surface area contributed by atoms with Gasteiger partial charge in [0.05, 0.1) is 0 Å². The summed E-state index contributed by atoms with van der Waals surface area (Å²) in [6.45, 7) is 10.7. The molecule has 1 aliphatic heterocycles. The van der Waals surface area contributed by atoms with Crippen LogP contribution in [0, 0.1) is 5.82 Å². The lowest BCUT2D eigenvalue weighted by atomic mass is 9.84. The SMILES string of the molecule is CCCCN1CCC(NC(=NC)NCC(C)(C)c2cccc(F)c2)CC1. The summed E-state index contributed by atoms with van der Waals surface area (Å²) in [6, 6.07) is 7.32. The van der Waals surface area contributed by atoms with Crippen LogP contribution >= 0.6 is 0 Å². The molecule has 2 rings (SSSR count). The Hall–Kier alpha value is -1.62. The largest absolute Gasteiger partial charge is 0.356 e. The summed E-state index contributed by atoms with van der Waals surface area (Å²) < 4.78 is 13.5. The zero-order valence-corrected chi connectivity index (χ0v) is 16.8. The number of likely N-dealkylation sites (tertiary alicyclic amines) is 1. The maximum Gasteiger partial charge on any atom is 0.191 e. The Labute approximate surface area is 158 Å². The van der Waals surface area contributed by atoms with Crippen LogP contribution in [0.25, 0.3) is 0 Å². The van der Waals surface area contributed by atoms with E-state index in [0.717, 1.165) is 37.5 Å². The number of hydrogen-bond donors (Lipinski definition) is 2. The van der Waals surface area contributed by atoms with Gasteiger partial charge in [0.1, 0.15) is 5.82 Å². The second kappa shape index (κ2) is 9.91. The van der Waals surface area contributed by atoms with Crippen LogP contribution in [0.15, 0.2) is 29.3 Å². The van der Waals surface area contributed by atoms with Gasteiger partial charge in [-0.2, -0.15) is 0 Å². The highest BCUT2D eigenvalue weighted by atomic mass is 19.1. The third-order valence-corrected chi connectivity index (χ3v) is 5.28. The monoisotopic (exact) mass is 362 g/mol. The highest BCUT2D eigenvalue weighted by molar-refractivity contribution is 5.80. The van der Waals surface area contributed by atoms with Crippen molar-refractivity contribution >= 4 is 5.96 Å². The van der Waals surface area contributed by atoms with Crippen molar-refractivity contribution in [3.8, 4) is 0 Å². The number of aliphatic imine (C=N–C) groups is 1. The van der Waals surface area contributed by atoms with E-state index < -0.39 is 0 Å². The number of hydrogen-bond acceptors (Lipinski definition) is 2. The Kier molecular flexibility index (Phi) is 7.88. The average Bonchev–Trinajstić information content (AvgIpc) is 2.64. The van der Waals surface area contributed by atoms with Crippen molar-refractivity contribution in [1.82, 2.24) is 15.5 Å². The Morgan fingerprint density at radius 2 is 2.04 bits per heavy atom. The molecule has 1 aliphatic rings. The molecule has 5 heteroatoms. The molecule has 1 saturated heterocycles. The van der Waals surface area contributed by atoms with E-state index in [1.165, 1.54) is 25.5 Å². The minimum absolute atomic E-state index is 0.177. The van der Waals surface area contributed by atoms with Gasteiger partial charge >= 0.3 is 0 Å². The molecule has 0 radical (unpaired) electrons. The second-order valence-electron chi connectivity index (χ2n) is 7.93. The molecule has 1 aromatic carbocycles. The molecule has 0 spiro atoms. The summed E-state index contributed by atoms with van der Waals surface area (Å²) in [5, 5.41) is 6.98. The molecule has 1 aromatic rings. The van der Waals surface area contributed by atoms with Crippen LogP contribution in [0.1, 0.15) is 52.0 Å². The van der Waals surface area contributed by atoms with Crippen LogP contribution < -0.4 is 10.6 Å². The van der Waals surface area contributed by atoms with Crippen molar-refractivity contribution in [2.24, 2.45) is 4.99 Å². The summed E-state index contributed by atoms with van der Waals surface area (Å²) in [5.74, 6) is 0.648. The second-order valence-corrected chi connectivity index (χ2v) is 7.93. The number of unbranched alkanes of at least 4 members (excludes halogenated alkanes) is 1. The van der Waals surface area contributed by atoms with E-state index in [1.54, 1.807) is 19.2 Å². The first-order valence-corrected chi connectivity index (χ1v) is 9.90. The van der Waals surface area contributed by atoms with E-state index in [9.17, 15) is 4.39 Å². The van der Waals surface area contributed by atoms with Crippen molar-refractivity contribution < 1.29 is 4.39 Å². The smallest absolute Gasteiger partial charge is 0.191 e. The summed E-state index contributed by atoms with van der Waals surface area (Å²) in [7, 11) is 1.81. The first-order chi connectivity index (χ1) is 12.4. The maximum absolute atomic E-state index is 13.5. The molecule has 2 N–H and O–H groups in total. The highest BCUT2D eigenvalue weighted by Gasteiger charge is 2.23. The number of piperidine rings is 1. The molecule has 4 nitrogen and oxygen atoms in total. The lowest BCUT2D eigenvalue weighted by Gasteiger charge is -2.33. The predicted octanol–water partition coefficient (Wildman–Crippen LogP) is 3.53. The van der Waals surface area contributed by atoms with Gasteiger partial charge in [-0.3, -0.25) is 4.99 Å². The Morgan fingerprint density at radius 3 is 2.65 bits per heavy atom. The van der Waals surface area contributed by atoms with Gasteiger partial charge < -0.3 is 15.5 Å². The minimum atomic E-state index is -0.187. The van der Waals surface area contributed by atoms with Crippen LogP contribution in [0.5, 0.6) is 0 Å². The van der Waals surface area contributed by atoms with Gasteiger partial charge in [0.2, 0.25) is 0 Å². The zero-order valence-electron chi connectivity index (χ0n) is 16.8. The van der Waals surface area contributed by atoms with Gasteiger partial charge in [-0.15, -0.1) is 0 Å². The summed E-state index contributed by atoms with van der Waals surface area (Å²) >= 11 is 0. The molecule has 0 atom stereocenters. The van der Waals surface area contributed by atoms with Crippen LogP contribution in [0.2, 0.25) is 0 Å². The van der Waals surface area contributed by atoms with Gasteiger partial charge in [-0.1, -0.05) is 39.3 Å². The van der Waals surface area contributed by atoms with E-state index in [1.807, 2.05) is 6.07 Å². The molecule has 0 bridgehead atoms. The summed E-state index contributed by atoms with van der Waals surface area (Å²) in [5.41, 5.74) is 0.813. The van der Waals surface area contributed by atoms with Crippen LogP contribution in [-0.4, -0.2) is 50.1 Å². The highest BCUT2D eigenvalue weighted by Crippen LogP contribution is 2.22. The molecule has 1 heterocycles. The van der Waals surface area contributed by atoms with Crippen LogP contribution in [-0.2, 0) is 5.41 Å². The first-order valence-electron chi connectivity index (χ1n) is 9.90. The lowest BCUT2D eigenvalue weighted by Crippen LogP contribution is -2.50. The van der Waals surface area contributed by atoms with Crippen molar-refractivity contribution in [2.75, 3.05) is 33.2 Å². The fourth-order valence-electron chi connectivity index (χ4n) is 3.39. The van der Waals surface area contributed by atoms with E-state index in [-0.39, 0.29) is 11.2 Å².